The van der Waals surface area contributed by atoms with Crippen LogP contribution in [0.5, 0.6) is 0 Å². The van der Waals surface area contributed by atoms with Crippen molar-refractivity contribution in [2.45, 2.75) is 32.1 Å². The summed E-state index contributed by atoms with van der Waals surface area (Å²) >= 11 is 3.32. The minimum atomic E-state index is 0.225. The number of anilines is 1. The van der Waals surface area contributed by atoms with Gasteiger partial charge in [-0.2, -0.15) is 0 Å². The average Bonchev–Trinajstić information content (AvgIpc) is 2.40. The summed E-state index contributed by atoms with van der Waals surface area (Å²) < 4.78 is 0.796. The summed E-state index contributed by atoms with van der Waals surface area (Å²) in [6.07, 6.45) is 8.27. The van der Waals surface area contributed by atoms with Crippen LogP contribution in [0.25, 0.3) is 0 Å². The van der Waals surface area contributed by atoms with Gasteiger partial charge in [0.25, 0.3) is 0 Å². The normalized spacial score (nSPS) is 38.0. The predicted octanol–water partition coefficient (Wildman–Crippen LogP) is 3.85. The number of amides is 1. The zero-order chi connectivity index (χ0) is 13.7. The number of carbonyl (C=O) groups excluding carboxylic acids is 1. The van der Waals surface area contributed by atoms with Crippen molar-refractivity contribution in [3.05, 3.63) is 22.9 Å². The van der Waals surface area contributed by atoms with Gasteiger partial charge < -0.3 is 5.32 Å². The van der Waals surface area contributed by atoms with E-state index in [1.54, 1.807) is 6.20 Å². The fourth-order valence-electron chi connectivity index (χ4n) is 5.03. The highest BCUT2D eigenvalue weighted by Crippen LogP contribution is 2.56. The van der Waals surface area contributed by atoms with Gasteiger partial charge in [-0.05, 0) is 83.8 Å². The summed E-state index contributed by atoms with van der Waals surface area (Å²) in [5, 5.41) is 3.07. The molecule has 0 aromatic carbocycles. The van der Waals surface area contributed by atoms with Crippen LogP contribution >= 0.6 is 15.9 Å². The third-order valence-corrected chi connectivity index (χ3v) is 5.99. The maximum Gasteiger partial charge on any atom is 0.228 e. The van der Waals surface area contributed by atoms with Crippen LogP contribution in [0.4, 0.5) is 5.69 Å². The first kappa shape index (κ1) is 12.8. The molecule has 0 unspecified atom stereocenters. The van der Waals surface area contributed by atoms with Gasteiger partial charge in [0, 0.05) is 5.92 Å². The third-order valence-electron chi connectivity index (χ3n) is 5.52. The van der Waals surface area contributed by atoms with Crippen LogP contribution in [0, 0.1) is 29.6 Å². The van der Waals surface area contributed by atoms with Gasteiger partial charge in [-0.1, -0.05) is 0 Å². The lowest BCUT2D eigenvalue weighted by molar-refractivity contribution is -0.132. The zero-order valence-electron chi connectivity index (χ0n) is 11.4. The van der Waals surface area contributed by atoms with Crippen molar-refractivity contribution >= 4 is 27.5 Å². The van der Waals surface area contributed by atoms with Gasteiger partial charge in [0.1, 0.15) is 4.60 Å². The molecule has 4 aliphatic rings. The number of pyridine rings is 1. The van der Waals surface area contributed by atoms with Crippen LogP contribution in [0.15, 0.2) is 22.9 Å². The number of rotatable bonds is 2. The highest BCUT2D eigenvalue weighted by atomic mass is 79.9. The molecule has 0 atom stereocenters. The maximum absolute atomic E-state index is 12.6. The highest BCUT2D eigenvalue weighted by Gasteiger charge is 2.50. The molecular weight excluding hydrogens is 316 g/mol. The summed E-state index contributed by atoms with van der Waals surface area (Å²) in [6.45, 7) is 0. The average molecular weight is 335 g/mol. The van der Waals surface area contributed by atoms with Crippen molar-refractivity contribution in [3.8, 4) is 0 Å². The Kier molecular flexibility index (Phi) is 3.09. The summed E-state index contributed by atoms with van der Waals surface area (Å²) in [6, 6.07) is 3.78. The van der Waals surface area contributed by atoms with Crippen molar-refractivity contribution in [1.29, 1.82) is 0 Å². The zero-order valence-corrected chi connectivity index (χ0v) is 13.0. The largest absolute Gasteiger partial charge is 0.324 e. The van der Waals surface area contributed by atoms with E-state index in [4.69, 9.17) is 0 Å². The third kappa shape index (κ3) is 2.18. The SMILES string of the molecule is O=C(Nc1ccc(Br)nc1)C1C2CC3CC(C2)CC1C3. The predicted molar refractivity (Wildman–Crippen MR) is 81.1 cm³/mol. The Hall–Kier alpha value is -0.900. The Balaban J connectivity index is 1.50. The number of hydrogen-bond donors (Lipinski definition) is 1. The Bertz CT molecular complexity index is 500. The van der Waals surface area contributed by atoms with E-state index in [0.717, 1.165) is 22.1 Å². The van der Waals surface area contributed by atoms with Crippen LogP contribution in [0.1, 0.15) is 32.1 Å². The molecule has 5 rings (SSSR count). The molecule has 4 heteroatoms. The first-order chi connectivity index (χ1) is 9.69. The van der Waals surface area contributed by atoms with Gasteiger partial charge in [0.2, 0.25) is 5.91 Å². The van der Waals surface area contributed by atoms with Gasteiger partial charge in [-0.15, -0.1) is 0 Å². The number of carbonyl (C=O) groups is 1. The lowest BCUT2D eigenvalue weighted by atomic mass is 9.51. The Morgan fingerprint density at radius 2 is 1.75 bits per heavy atom. The van der Waals surface area contributed by atoms with Crippen LogP contribution in [-0.4, -0.2) is 10.9 Å². The van der Waals surface area contributed by atoms with Gasteiger partial charge in [0.05, 0.1) is 11.9 Å². The summed E-state index contributed by atoms with van der Waals surface area (Å²) in [5.41, 5.74) is 0.812. The second-order valence-corrected chi connectivity index (χ2v) is 7.63. The fourth-order valence-corrected chi connectivity index (χ4v) is 5.26. The van der Waals surface area contributed by atoms with Crippen LogP contribution < -0.4 is 5.32 Å². The van der Waals surface area contributed by atoms with Gasteiger partial charge >= 0.3 is 0 Å². The van der Waals surface area contributed by atoms with E-state index in [0.29, 0.717) is 11.8 Å². The number of aromatic nitrogens is 1. The fraction of sp³-hybridized carbons (Fsp3) is 0.625. The smallest absolute Gasteiger partial charge is 0.228 e. The van der Waals surface area contributed by atoms with E-state index < -0.39 is 0 Å². The number of halogens is 1. The molecule has 106 valence electrons. The molecule has 1 amide bonds. The standard InChI is InChI=1S/C16H19BrN2O/c17-14-2-1-13(8-18-14)19-16(20)15-11-4-9-3-10(6-11)7-12(15)5-9/h1-2,8-12,15H,3-7H2,(H,19,20). The molecule has 0 radical (unpaired) electrons. The first-order valence-electron chi connectivity index (χ1n) is 7.61. The van der Waals surface area contributed by atoms with Gasteiger partial charge in [-0.25, -0.2) is 4.98 Å². The molecule has 4 fully saturated rings. The van der Waals surface area contributed by atoms with Crippen molar-refractivity contribution in [2.75, 3.05) is 5.32 Å². The Morgan fingerprint density at radius 1 is 1.10 bits per heavy atom. The lowest BCUT2D eigenvalue weighted by Crippen LogP contribution is -2.49. The quantitative estimate of drug-likeness (QED) is 0.834. The Morgan fingerprint density at radius 3 is 2.30 bits per heavy atom. The second-order valence-electron chi connectivity index (χ2n) is 6.82. The molecule has 4 aliphatic carbocycles. The number of nitrogens with zero attached hydrogens (tertiary/aromatic N) is 1. The molecule has 1 N–H and O–H groups in total. The molecule has 3 nitrogen and oxygen atoms in total. The molecule has 4 bridgehead atoms. The van der Waals surface area contributed by atoms with Crippen LogP contribution in [0.2, 0.25) is 0 Å². The highest BCUT2D eigenvalue weighted by molar-refractivity contribution is 9.10. The van der Waals surface area contributed by atoms with E-state index in [1.165, 1.54) is 32.1 Å². The van der Waals surface area contributed by atoms with E-state index in [1.807, 2.05) is 12.1 Å². The first-order valence-corrected chi connectivity index (χ1v) is 8.41. The molecular formula is C16H19BrN2O. The Labute approximate surface area is 127 Å². The van der Waals surface area contributed by atoms with Crippen LogP contribution in [-0.2, 0) is 4.79 Å². The van der Waals surface area contributed by atoms with Crippen LogP contribution in [0.3, 0.4) is 0 Å². The van der Waals surface area contributed by atoms with Crippen molar-refractivity contribution in [2.24, 2.45) is 29.6 Å². The monoisotopic (exact) mass is 334 g/mol. The molecule has 1 heterocycles. The number of nitrogens with one attached hydrogen (secondary N) is 1. The number of hydrogen-bond acceptors (Lipinski definition) is 2. The van der Waals surface area contributed by atoms with Gasteiger partial charge in [-0.3, -0.25) is 4.79 Å². The summed E-state index contributed by atoms with van der Waals surface area (Å²) in [7, 11) is 0. The molecule has 0 saturated heterocycles. The van der Waals surface area contributed by atoms with E-state index in [9.17, 15) is 4.79 Å². The molecule has 1 aromatic rings. The minimum absolute atomic E-state index is 0.225. The van der Waals surface area contributed by atoms with E-state index >= 15 is 0 Å². The molecule has 1 aromatic heterocycles. The lowest BCUT2D eigenvalue weighted by Gasteiger charge is -2.53. The minimum Gasteiger partial charge on any atom is -0.324 e. The molecule has 0 aliphatic heterocycles. The second kappa shape index (κ2) is 4.83. The molecule has 4 saturated carbocycles. The summed E-state index contributed by atoms with van der Waals surface area (Å²) in [4.78, 5) is 16.8. The van der Waals surface area contributed by atoms with Crippen molar-refractivity contribution < 1.29 is 4.79 Å². The maximum atomic E-state index is 12.6. The summed E-state index contributed by atoms with van der Waals surface area (Å²) in [5.74, 6) is 3.56. The molecule has 0 spiro atoms. The molecule has 20 heavy (non-hydrogen) atoms. The van der Waals surface area contributed by atoms with Gasteiger partial charge in [0.15, 0.2) is 0 Å². The van der Waals surface area contributed by atoms with Crippen molar-refractivity contribution in [3.63, 3.8) is 0 Å². The van der Waals surface area contributed by atoms with E-state index in [2.05, 4.69) is 26.2 Å². The topological polar surface area (TPSA) is 42.0 Å². The van der Waals surface area contributed by atoms with E-state index in [-0.39, 0.29) is 11.8 Å². The van der Waals surface area contributed by atoms with Crippen molar-refractivity contribution in [1.82, 2.24) is 4.98 Å².